The maximum Gasteiger partial charge on any atom is 0.303 e. The number of aromatic nitrogens is 1. The summed E-state index contributed by atoms with van der Waals surface area (Å²) in [7, 11) is 0. The number of rotatable bonds is 7. The number of carboxylic acid groups (broad SMARTS) is 1. The number of carboxylic acids is 1. The third-order valence-electron chi connectivity index (χ3n) is 4.86. The zero-order valence-electron chi connectivity index (χ0n) is 16.3. The van der Waals surface area contributed by atoms with Crippen LogP contribution in [0.3, 0.4) is 0 Å². The molecule has 1 saturated heterocycles. The lowest BCUT2D eigenvalue weighted by Crippen LogP contribution is -2.31. The van der Waals surface area contributed by atoms with E-state index in [-0.39, 0.29) is 31.1 Å². The largest absolute Gasteiger partial charge is 0.481 e. The van der Waals surface area contributed by atoms with Crippen molar-refractivity contribution in [3.63, 3.8) is 0 Å². The summed E-state index contributed by atoms with van der Waals surface area (Å²) in [5.41, 5.74) is 1.89. The van der Waals surface area contributed by atoms with Gasteiger partial charge in [-0.05, 0) is 41.8 Å². The van der Waals surface area contributed by atoms with Crippen LogP contribution in [-0.4, -0.2) is 39.0 Å². The number of nitrogens with one attached hydrogen (secondary N) is 2. The number of nitrogens with zero attached hydrogens (tertiary/aromatic N) is 1. The van der Waals surface area contributed by atoms with Gasteiger partial charge in [-0.15, -0.1) is 11.8 Å². The van der Waals surface area contributed by atoms with Crippen molar-refractivity contribution in [1.82, 2.24) is 4.98 Å². The number of amides is 3. The lowest BCUT2D eigenvalue weighted by molar-refractivity contribution is -0.138. The molecule has 9 heteroatoms. The molecule has 1 aromatic heterocycles. The van der Waals surface area contributed by atoms with Gasteiger partial charge in [0.15, 0.2) is 0 Å². The van der Waals surface area contributed by atoms with Crippen LogP contribution in [0.15, 0.2) is 59.6 Å². The quantitative estimate of drug-likeness (QED) is 0.488. The van der Waals surface area contributed by atoms with Crippen LogP contribution < -0.4 is 10.2 Å². The SMILES string of the molecule is O=C(O)CCC(=O)Nc1cccc(SC2CC(=O)N(c3ccc4cc[nH]c4c3)C2=O)c1. The average molecular weight is 437 g/mol. The van der Waals surface area contributed by atoms with E-state index in [1.165, 1.54) is 16.7 Å². The molecule has 0 radical (unpaired) electrons. The van der Waals surface area contributed by atoms with Crippen LogP contribution in [0.25, 0.3) is 10.9 Å². The van der Waals surface area contributed by atoms with Crippen LogP contribution in [0, 0.1) is 0 Å². The zero-order chi connectivity index (χ0) is 22.0. The summed E-state index contributed by atoms with van der Waals surface area (Å²) in [6.45, 7) is 0. The van der Waals surface area contributed by atoms with Crippen LogP contribution in [0.5, 0.6) is 0 Å². The maximum absolute atomic E-state index is 13.0. The molecule has 2 heterocycles. The fraction of sp³-hybridized carbons (Fsp3) is 0.182. The van der Waals surface area contributed by atoms with E-state index in [1.54, 1.807) is 42.6 Å². The summed E-state index contributed by atoms with van der Waals surface area (Å²) in [6.07, 6.45) is 1.52. The number of anilines is 2. The third-order valence-corrected chi connectivity index (χ3v) is 6.04. The van der Waals surface area contributed by atoms with E-state index in [1.807, 2.05) is 12.1 Å². The molecule has 3 amide bonds. The van der Waals surface area contributed by atoms with Crippen molar-refractivity contribution < 1.29 is 24.3 Å². The van der Waals surface area contributed by atoms with E-state index < -0.39 is 17.1 Å². The molecule has 158 valence electrons. The number of aromatic amines is 1. The van der Waals surface area contributed by atoms with Crippen molar-refractivity contribution in [3.8, 4) is 0 Å². The van der Waals surface area contributed by atoms with Crippen molar-refractivity contribution in [3.05, 3.63) is 54.7 Å². The van der Waals surface area contributed by atoms with Gasteiger partial charge in [-0.2, -0.15) is 0 Å². The molecule has 0 saturated carbocycles. The van der Waals surface area contributed by atoms with E-state index in [9.17, 15) is 19.2 Å². The van der Waals surface area contributed by atoms with Crippen LogP contribution in [0.1, 0.15) is 19.3 Å². The molecule has 0 aliphatic carbocycles. The first-order valence-electron chi connectivity index (χ1n) is 9.63. The van der Waals surface area contributed by atoms with Gasteiger partial charge in [0.25, 0.3) is 0 Å². The third kappa shape index (κ3) is 4.61. The lowest BCUT2D eigenvalue weighted by atomic mass is 10.2. The number of carbonyl (C=O) groups is 4. The van der Waals surface area contributed by atoms with Crippen molar-refractivity contribution in [2.24, 2.45) is 0 Å². The molecule has 1 unspecified atom stereocenters. The highest BCUT2D eigenvalue weighted by atomic mass is 32.2. The number of aliphatic carboxylic acids is 1. The molecular weight excluding hydrogens is 418 g/mol. The lowest BCUT2D eigenvalue weighted by Gasteiger charge is -2.15. The highest BCUT2D eigenvalue weighted by Crippen LogP contribution is 2.35. The molecule has 31 heavy (non-hydrogen) atoms. The van der Waals surface area contributed by atoms with Gasteiger partial charge in [0, 0.05) is 35.1 Å². The van der Waals surface area contributed by atoms with Gasteiger partial charge in [0.05, 0.1) is 17.4 Å². The number of imide groups is 1. The first-order valence-corrected chi connectivity index (χ1v) is 10.5. The molecule has 1 aliphatic heterocycles. The summed E-state index contributed by atoms with van der Waals surface area (Å²) in [5.74, 6) is -1.98. The minimum absolute atomic E-state index is 0.0848. The number of hydrogen-bond donors (Lipinski definition) is 3. The van der Waals surface area contributed by atoms with Crippen molar-refractivity contribution >= 4 is 57.7 Å². The monoisotopic (exact) mass is 437 g/mol. The molecule has 1 aliphatic rings. The van der Waals surface area contributed by atoms with Crippen LogP contribution in [0.4, 0.5) is 11.4 Å². The second kappa shape index (κ2) is 8.65. The average Bonchev–Trinajstić information content (AvgIpc) is 3.30. The van der Waals surface area contributed by atoms with Crippen molar-refractivity contribution in [2.45, 2.75) is 29.4 Å². The van der Waals surface area contributed by atoms with Crippen LogP contribution in [0.2, 0.25) is 0 Å². The topological polar surface area (TPSA) is 120 Å². The molecule has 8 nitrogen and oxygen atoms in total. The Morgan fingerprint density at radius 2 is 1.97 bits per heavy atom. The van der Waals surface area contributed by atoms with Crippen LogP contribution >= 0.6 is 11.8 Å². The van der Waals surface area contributed by atoms with Crippen molar-refractivity contribution in [1.29, 1.82) is 0 Å². The standard InChI is InChI=1S/C22H19N3O5S/c26-19(6-7-21(28)29)24-14-2-1-3-16(10-14)31-18-12-20(27)25(22(18)30)15-5-4-13-8-9-23-17(13)11-15/h1-5,8-11,18,23H,6-7,12H2,(H,24,26)(H,28,29). The van der Waals surface area contributed by atoms with Gasteiger partial charge >= 0.3 is 5.97 Å². The fourth-order valence-corrected chi connectivity index (χ4v) is 4.51. The Balaban J connectivity index is 1.45. The van der Waals surface area contributed by atoms with E-state index >= 15 is 0 Å². The molecule has 1 fully saturated rings. The zero-order valence-corrected chi connectivity index (χ0v) is 17.1. The van der Waals surface area contributed by atoms with E-state index in [0.717, 1.165) is 15.8 Å². The Kier molecular flexibility index (Phi) is 5.77. The normalized spacial score (nSPS) is 16.1. The minimum atomic E-state index is -1.04. The molecular formula is C22H19N3O5S. The van der Waals surface area contributed by atoms with Gasteiger partial charge in [-0.3, -0.25) is 19.2 Å². The first kappa shape index (κ1) is 20.7. The molecule has 0 bridgehead atoms. The Labute approximate surface area is 181 Å². The Hall–Kier alpha value is -3.59. The predicted molar refractivity (Wildman–Crippen MR) is 117 cm³/mol. The molecule has 0 spiro atoms. The van der Waals surface area contributed by atoms with Gasteiger partial charge in [0.2, 0.25) is 17.7 Å². The second-order valence-electron chi connectivity index (χ2n) is 7.10. The van der Waals surface area contributed by atoms with Crippen LogP contribution in [-0.2, 0) is 19.2 Å². The molecule has 4 rings (SSSR count). The van der Waals surface area contributed by atoms with Gasteiger partial charge in [-0.1, -0.05) is 12.1 Å². The Morgan fingerprint density at radius 3 is 2.77 bits per heavy atom. The highest BCUT2D eigenvalue weighted by Gasteiger charge is 2.40. The van der Waals surface area contributed by atoms with Gasteiger partial charge in [-0.25, -0.2) is 4.90 Å². The summed E-state index contributed by atoms with van der Waals surface area (Å²) in [4.78, 5) is 53.0. The first-order chi connectivity index (χ1) is 14.9. The Morgan fingerprint density at radius 1 is 1.13 bits per heavy atom. The summed E-state index contributed by atoms with van der Waals surface area (Å²) in [6, 6.07) is 14.2. The number of benzene rings is 2. The van der Waals surface area contributed by atoms with Crippen molar-refractivity contribution in [2.75, 3.05) is 10.2 Å². The van der Waals surface area contributed by atoms with E-state index in [0.29, 0.717) is 11.4 Å². The maximum atomic E-state index is 13.0. The van der Waals surface area contributed by atoms with Gasteiger partial charge < -0.3 is 15.4 Å². The number of fused-ring (bicyclic) bond motifs is 1. The molecule has 3 N–H and O–H groups in total. The number of hydrogen-bond acceptors (Lipinski definition) is 5. The molecule has 1 atom stereocenters. The second-order valence-corrected chi connectivity index (χ2v) is 8.37. The smallest absolute Gasteiger partial charge is 0.303 e. The summed E-state index contributed by atoms with van der Waals surface area (Å²) >= 11 is 1.26. The fourth-order valence-electron chi connectivity index (χ4n) is 3.40. The minimum Gasteiger partial charge on any atom is -0.481 e. The molecule has 2 aromatic carbocycles. The summed E-state index contributed by atoms with van der Waals surface area (Å²) < 4.78 is 0. The predicted octanol–water partition coefficient (Wildman–Crippen LogP) is 3.40. The Bertz CT molecular complexity index is 1190. The summed E-state index contributed by atoms with van der Waals surface area (Å²) in [5, 5.41) is 11.8. The number of H-pyrrole nitrogens is 1. The highest BCUT2D eigenvalue weighted by molar-refractivity contribution is 8.00. The number of carbonyl (C=O) groups excluding carboxylic acids is 3. The van der Waals surface area contributed by atoms with Gasteiger partial charge in [0.1, 0.15) is 0 Å². The van der Waals surface area contributed by atoms with E-state index in [2.05, 4.69) is 10.3 Å². The molecule has 3 aromatic rings. The number of thioether (sulfide) groups is 1. The van der Waals surface area contributed by atoms with E-state index in [4.69, 9.17) is 5.11 Å².